The van der Waals surface area contributed by atoms with E-state index in [0.717, 1.165) is 0 Å². The molecule has 1 atom stereocenters. The van der Waals surface area contributed by atoms with Gasteiger partial charge >= 0.3 is 0 Å². The van der Waals surface area contributed by atoms with Gasteiger partial charge in [-0.25, -0.2) is 0 Å². The zero-order valence-corrected chi connectivity index (χ0v) is 6.02. The van der Waals surface area contributed by atoms with Gasteiger partial charge in [0.2, 0.25) is 0 Å². The molecule has 1 aromatic heterocycles. The van der Waals surface area contributed by atoms with Crippen LogP contribution in [0.1, 0.15) is 24.3 Å². The first kappa shape index (κ1) is 7.63. The molecule has 0 amide bonds. The molecule has 0 aliphatic carbocycles. The van der Waals surface area contributed by atoms with Crippen LogP contribution in [0, 0.1) is 11.3 Å². The first-order valence-corrected chi connectivity index (χ1v) is 3.15. The molecule has 1 N–H and O–H groups in total. The van der Waals surface area contributed by atoms with E-state index in [4.69, 9.17) is 10.4 Å². The van der Waals surface area contributed by atoms with Gasteiger partial charge in [-0.3, -0.25) is 0 Å². The summed E-state index contributed by atoms with van der Waals surface area (Å²) in [6.45, 7) is 1.58. The molecule has 1 aromatic rings. The molecule has 1 rings (SSSR count). The first-order valence-electron chi connectivity index (χ1n) is 3.15. The minimum atomic E-state index is -0.667. The van der Waals surface area contributed by atoms with Gasteiger partial charge in [-0.1, -0.05) is 0 Å². The van der Waals surface area contributed by atoms with E-state index in [0.29, 0.717) is 5.56 Å². The Morgan fingerprint density at radius 3 is 2.91 bits per heavy atom. The highest BCUT2D eigenvalue weighted by molar-refractivity contribution is 5.30. The van der Waals surface area contributed by atoms with Crippen molar-refractivity contribution < 1.29 is 5.11 Å². The maximum absolute atomic E-state index is 9.12. The number of rotatable bonds is 1. The Labute approximate surface area is 64.1 Å². The quantitative estimate of drug-likeness (QED) is 0.627. The predicted molar refractivity (Wildman–Crippen MR) is 37.4 cm³/mol. The second-order valence-corrected chi connectivity index (χ2v) is 2.12. The van der Waals surface area contributed by atoms with Crippen molar-refractivity contribution in [3.05, 3.63) is 23.5 Å². The van der Waals surface area contributed by atoms with Crippen LogP contribution in [0.5, 0.6) is 0 Å². The van der Waals surface area contributed by atoms with E-state index in [1.54, 1.807) is 13.0 Å². The molecule has 0 radical (unpaired) electrons. The minimum Gasteiger partial charge on any atom is -0.389 e. The summed E-state index contributed by atoms with van der Waals surface area (Å²) in [5.41, 5.74) is 0.699. The van der Waals surface area contributed by atoms with Crippen LogP contribution in [0.25, 0.3) is 0 Å². The molecular formula is C7H7N3O. The smallest absolute Gasteiger partial charge is 0.168 e. The molecule has 4 heteroatoms. The lowest BCUT2D eigenvalue weighted by Crippen LogP contribution is -1.98. The van der Waals surface area contributed by atoms with Gasteiger partial charge in [-0.15, -0.1) is 5.10 Å². The molecular weight excluding hydrogens is 142 g/mol. The average molecular weight is 149 g/mol. The van der Waals surface area contributed by atoms with Gasteiger partial charge in [-0.2, -0.15) is 10.4 Å². The Morgan fingerprint density at radius 2 is 2.45 bits per heavy atom. The van der Waals surface area contributed by atoms with Crippen LogP contribution in [0.3, 0.4) is 0 Å². The second kappa shape index (κ2) is 3.08. The van der Waals surface area contributed by atoms with Crippen LogP contribution in [0.4, 0.5) is 0 Å². The molecule has 1 unspecified atom stereocenters. The topological polar surface area (TPSA) is 69.8 Å². The van der Waals surface area contributed by atoms with E-state index in [1.165, 1.54) is 6.20 Å². The molecule has 1 heterocycles. The summed E-state index contributed by atoms with van der Waals surface area (Å²) in [6.07, 6.45) is 0.781. The molecule has 0 bridgehead atoms. The number of hydrogen-bond acceptors (Lipinski definition) is 4. The molecule has 0 aliphatic rings. The lowest BCUT2D eigenvalue weighted by Gasteiger charge is -2.02. The molecule has 0 spiro atoms. The number of nitrogens with zero attached hydrogens (tertiary/aromatic N) is 3. The SMILES string of the molecule is CC(O)c1ccnnc1C#N. The van der Waals surface area contributed by atoms with Gasteiger partial charge in [0.15, 0.2) is 5.69 Å². The number of aliphatic hydroxyl groups excluding tert-OH is 1. The lowest BCUT2D eigenvalue weighted by atomic mass is 10.1. The summed E-state index contributed by atoms with van der Waals surface area (Å²) in [4.78, 5) is 0. The number of aliphatic hydroxyl groups is 1. The van der Waals surface area contributed by atoms with Crippen molar-refractivity contribution in [2.45, 2.75) is 13.0 Å². The van der Waals surface area contributed by atoms with Gasteiger partial charge in [0.05, 0.1) is 12.3 Å². The van der Waals surface area contributed by atoms with E-state index < -0.39 is 6.10 Å². The van der Waals surface area contributed by atoms with E-state index in [1.807, 2.05) is 6.07 Å². The fourth-order valence-electron chi connectivity index (χ4n) is 0.765. The standard InChI is InChI=1S/C7H7N3O/c1-5(11)6-2-3-9-10-7(6)4-8/h2-3,5,11H,1H3. The number of aromatic nitrogens is 2. The maximum Gasteiger partial charge on any atom is 0.168 e. The van der Waals surface area contributed by atoms with E-state index >= 15 is 0 Å². The monoisotopic (exact) mass is 149 g/mol. The summed E-state index contributed by atoms with van der Waals surface area (Å²) < 4.78 is 0. The molecule has 0 saturated carbocycles. The van der Waals surface area contributed by atoms with Crippen LogP contribution >= 0.6 is 0 Å². The van der Waals surface area contributed by atoms with Crippen molar-refractivity contribution in [2.24, 2.45) is 0 Å². The summed E-state index contributed by atoms with van der Waals surface area (Å²) in [6, 6.07) is 3.42. The van der Waals surface area contributed by atoms with Crippen LogP contribution in [0.15, 0.2) is 12.3 Å². The largest absolute Gasteiger partial charge is 0.389 e. The van der Waals surface area contributed by atoms with Crippen molar-refractivity contribution >= 4 is 0 Å². The Bertz CT molecular complexity index is 290. The van der Waals surface area contributed by atoms with Crippen molar-refractivity contribution in [3.63, 3.8) is 0 Å². The normalized spacial score (nSPS) is 12.1. The Hall–Kier alpha value is -1.47. The highest BCUT2D eigenvalue weighted by Crippen LogP contribution is 2.12. The third kappa shape index (κ3) is 1.51. The molecule has 0 fully saturated rings. The summed E-state index contributed by atoms with van der Waals surface area (Å²) in [5.74, 6) is 0. The number of nitriles is 1. The Balaban J connectivity index is 3.15. The zero-order chi connectivity index (χ0) is 8.27. The highest BCUT2D eigenvalue weighted by atomic mass is 16.3. The highest BCUT2D eigenvalue weighted by Gasteiger charge is 2.07. The average Bonchev–Trinajstić information content (AvgIpc) is 2.04. The zero-order valence-electron chi connectivity index (χ0n) is 6.02. The van der Waals surface area contributed by atoms with Gasteiger partial charge in [0.25, 0.3) is 0 Å². The van der Waals surface area contributed by atoms with Crippen molar-refractivity contribution in [1.29, 1.82) is 5.26 Å². The van der Waals surface area contributed by atoms with Crippen molar-refractivity contribution in [2.75, 3.05) is 0 Å². The molecule has 0 aliphatic heterocycles. The third-order valence-electron chi connectivity index (χ3n) is 1.31. The predicted octanol–water partition coefficient (Wildman–Crippen LogP) is 0.402. The third-order valence-corrected chi connectivity index (χ3v) is 1.31. The lowest BCUT2D eigenvalue weighted by molar-refractivity contribution is 0.198. The molecule has 0 saturated heterocycles. The Morgan fingerprint density at radius 1 is 1.73 bits per heavy atom. The van der Waals surface area contributed by atoms with Crippen molar-refractivity contribution in [1.82, 2.24) is 10.2 Å². The van der Waals surface area contributed by atoms with Gasteiger partial charge in [0, 0.05) is 5.56 Å². The fourth-order valence-corrected chi connectivity index (χ4v) is 0.765. The van der Waals surface area contributed by atoms with Gasteiger partial charge in [-0.05, 0) is 13.0 Å². The first-order chi connectivity index (χ1) is 5.25. The minimum absolute atomic E-state index is 0.183. The van der Waals surface area contributed by atoms with Crippen LogP contribution in [-0.2, 0) is 0 Å². The molecule has 56 valence electrons. The van der Waals surface area contributed by atoms with E-state index in [-0.39, 0.29) is 5.69 Å². The van der Waals surface area contributed by atoms with Gasteiger partial charge in [0.1, 0.15) is 6.07 Å². The van der Waals surface area contributed by atoms with E-state index in [9.17, 15) is 0 Å². The van der Waals surface area contributed by atoms with Crippen LogP contribution in [-0.4, -0.2) is 15.3 Å². The van der Waals surface area contributed by atoms with E-state index in [2.05, 4.69) is 10.2 Å². The fraction of sp³-hybridized carbons (Fsp3) is 0.286. The van der Waals surface area contributed by atoms with Crippen molar-refractivity contribution in [3.8, 4) is 6.07 Å². The van der Waals surface area contributed by atoms with Gasteiger partial charge < -0.3 is 5.11 Å². The molecule has 0 aromatic carbocycles. The summed E-state index contributed by atoms with van der Waals surface area (Å²) in [5, 5.41) is 24.7. The maximum atomic E-state index is 9.12. The van der Waals surface area contributed by atoms with Crippen LogP contribution in [0.2, 0.25) is 0 Å². The molecule has 11 heavy (non-hydrogen) atoms. The summed E-state index contributed by atoms with van der Waals surface area (Å²) in [7, 11) is 0. The van der Waals surface area contributed by atoms with Crippen LogP contribution < -0.4 is 0 Å². The molecule has 4 nitrogen and oxygen atoms in total. The Kier molecular flexibility index (Phi) is 2.14. The second-order valence-electron chi connectivity index (χ2n) is 2.12. The number of hydrogen-bond donors (Lipinski definition) is 1. The summed E-state index contributed by atoms with van der Waals surface area (Å²) >= 11 is 0.